The van der Waals surface area contributed by atoms with Crippen LogP contribution in [0.5, 0.6) is 0 Å². The predicted octanol–water partition coefficient (Wildman–Crippen LogP) is -0.889. The van der Waals surface area contributed by atoms with Gasteiger partial charge >= 0.3 is 5.97 Å². The summed E-state index contributed by atoms with van der Waals surface area (Å²) in [7, 11) is 0. The summed E-state index contributed by atoms with van der Waals surface area (Å²) in [5.74, 6) is 5.32. The molecule has 0 unspecified atom stereocenters. The van der Waals surface area contributed by atoms with Gasteiger partial charge in [-0.2, -0.15) is 5.10 Å². The number of nitrogens with zero attached hydrogens (tertiary/aromatic N) is 5. The highest BCUT2D eigenvalue weighted by Gasteiger charge is 2.21. The number of aliphatic carboxylic acids is 1. The van der Waals surface area contributed by atoms with Crippen LogP contribution in [-0.2, 0) is 17.9 Å². The number of fused-ring (bicyclic) bond motifs is 1. The van der Waals surface area contributed by atoms with E-state index in [0.717, 1.165) is 30.9 Å². The Balaban J connectivity index is 2.16. The zero-order valence-corrected chi connectivity index (χ0v) is 13.3. The molecule has 3 heterocycles. The smallest absolute Gasteiger partial charge is 0.325 e. The van der Waals surface area contributed by atoms with Gasteiger partial charge in [0.1, 0.15) is 17.6 Å². The van der Waals surface area contributed by atoms with Crippen LogP contribution in [0.1, 0.15) is 6.92 Å². The zero-order valence-electron chi connectivity index (χ0n) is 13.3. The van der Waals surface area contributed by atoms with Gasteiger partial charge in [0.25, 0.3) is 5.56 Å². The van der Waals surface area contributed by atoms with Gasteiger partial charge in [-0.1, -0.05) is 5.92 Å². The van der Waals surface area contributed by atoms with Crippen molar-refractivity contribution in [3.8, 4) is 11.8 Å². The first kappa shape index (κ1) is 16.0. The van der Waals surface area contributed by atoms with Crippen LogP contribution < -0.4 is 15.8 Å². The minimum Gasteiger partial charge on any atom is -0.480 e. The molecule has 9 heteroatoms. The molecule has 126 valence electrons. The number of carboxylic acid groups (broad SMARTS) is 1. The van der Waals surface area contributed by atoms with E-state index >= 15 is 0 Å². The van der Waals surface area contributed by atoms with Crippen molar-refractivity contribution in [1.82, 2.24) is 24.6 Å². The van der Waals surface area contributed by atoms with E-state index in [1.165, 1.54) is 6.20 Å². The molecule has 3 rings (SSSR count). The van der Waals surface area contributed by atoms with Gasteiger partial charge in [0.05, 0.1) is 12.7 Å². The molecule has 0 radical (unpaired) electrons. The summed E-state index contributed by atoms with van der Waals surface area (Å²) in [4.78, 5) is 30.2. The Bertz CT molecular complexity index is 882. The second-order valence-corrected chi connectivity index (χ2v) is 5.40. The average molecular weight is 330 g/mol. The number of carboxylic acids is 1. The minimum absolute atomic E-state index is 0.318. The molecular formula is C15H18N6O3. The van der Waals surface area contributed by atoms with E-state index in [0.29, 0.717) is 23.5 Å². The van der Waals surface area contributed by atoms with E-state index in [1.54, 1.807) is 11.5 Å². The molecule has 0 atom stereocenters. The van der Waals surface area contributed by atoms with E-state index in [2.05, 4.69) is 32.1 Å². The fraction of sp³-hybridized carbons (Fsp3) is 0.467. The molecule has 0 aromatic carbocycles. The molecule has 0 amide bonds. The number of carbonyl (C=O) groups is 1. The number of rotatable bonds is 4. The van der Waals surface area contributed by atoms with Gasteiger partial charge in [0.2, 0.25) is 5.95 Å². The molecule has 2 N–H and O–H groups in total. The highest BCUT2D eigenvalue weighted by molar-refractivity contribution is 5.77. The first-order chi connectivity index (χ1) is 11.6. The largest absolute Gasteiger partial charge is 0.480 e. The molecule has 0 aliphatic carbocycles. The van der Waals surface area contributed by atoms with Crippen LogP contribution in [0.2, 0.25) is 0 Å². The van der Waals surface area contributed by atoms with Crippen molar-refractivity contribution in [3.05, 3.63) is 16.6 Å². The Morgan fingerprint density at radius 2 is 2.17 bits per heavy atom. The normalized spacial score (nSPS) is 14.5. The number of anilines is 1. The third-order valence-corrected chi connectivity index (χ3v) is 3.83. The van der Waals surface area contributed by atoms with Gasteiger partial charge in [0, 0.05) is 26.2 Å². The van der Waals surface area contributed by atoms with Crippen LogP contribution >= 0.6 is 0 Å². The molecule has 2 aromatic rings. The summed E-state index contributed by atoms with van der Waals surface area (Å²) in [5, 5.41) is 16.1. The summed E-state index contributed by atoms with van der Waals surface area (Å²) in [5.41, 5.74) is 0.317. The van der Waals surface area contributed by atoms with Crippen molar-refractivity contribution < 1.29 is 9.90 Å². The first-order valence-corrected chi connectivity index (χ1v) is 7.65. The number of piperazine rings is 1. The molecule has 0 spiro atoms. The van der Waals surface area contributed by atoms with Crippen molar-refractivity contribution in [2.45, 2.75) is 20.0 Å². The summed E-state index contributed by atoms with van der Waals surface area (Å²) in [6.07, 6.45) is 1.43. The topological polar surface area (TPSA) is 105 Å². The Hall–Kier alpha value is -2.86. The van der Waals surface area contributed by atoms with Crippen molar-refractivity contribution in [2.75, 3.05) is 31.1 Å². The van der Waals surface area contributed by atoms with E-state index in [-0.39, 0.29) is 0 Å². The number of nitrogens with one attached hydrogen (secondary N) is 1. The zero-order chi connectivity index (χ0) is 17.1. The fourth-order valence-corrected chi connectivity index (χ4v) is 2.73. The maximum Gasteiger partial charge on any atom is 0.325 e. The van der Waals surface area contributed by atoms with Crippen LogP contribution in [0.15, 0.2) is 11.0 Å². The SMILES string of the molecule is CC#CCn1c(N2CCNCC2)nc2cnn(CC(=O)O)c(=O)c21. The Kier molecular flexibility index (Phi) is 4.48. The average Bonchev–Trinajstić information content (AvgIpc) is 2.95. The molecular weight excluding hydrogens is 312 g/mol. The number of aromatic nitrogens is 4. The Morgan fingerprint density at radius 1 is 1.42 bits per heavy atom. The molecule has 2 aromatic heterocycles. The minimum atomic E-state index is -1.12. The quantitative estimate of drug-likeness (QED) is 0.701. The standard InChI is InChI=1S/C15H18N6O3/c1-2-3-6-20-13-11(9-17-21(14(13)24)10-12(22)23)18-15(20)19-7-4-16-5-8-19/h9,16H,4-8,10H2,1H3,(H,22,23). The maximum absolute atomic E-state index is 12.6. The number of hydrogen-bond donors (Lipinski definition) is 2. The van der Waals surface area contributed by atoms with Crippen LogP contribution in [-0.4, -0.2) is 56.6 Å². The predicted molar refractivity (Wildman–Crippen MR) is 88.0 cm³/mol. The van der Waals surface area contributed by atoms with E-state index in [1.807, 2.05) is 0 Å². The van der Waals surface area contributed by atoms with Crippen LogP contribution in [0.3, 0.4) is 0 Å². The summed E-state index contributed by atoms with van der Waals surface area (Å²) < 4.78 is 2.68. The molecule has 1 saturated heterocycles. The van der Waals surface area contributed by atoms with Gasteiger partial charge in [0.15, 0.2) is 0 Å². The van der Waals surface area contributed by atoms with Gasteiger partial charge in [-0.05, 0) is 6.92 Å². The van der Waals surface area contributed by atoms with E-state index in [9.17, 15) is 9.59 Å². The molecule has 0 saturated carbocycles. The fourth-order valence-electron chi connectivity index (χ4n) is 2.73. The monoisotopic (exact) mass is 330 g/mol. The molecule has 1 aliphatic rings. The lowest BCUT2D eigenvalue weighted by molar-refractivity contribution is -0.138. The summed E-state index contributed by atoms with van der Waals surface area (Å²) in [6.45, 7) is 4.79. The van der Waals surface area contributed by atoms with Gasteiger partial charge in [-0.25, -0.2) is 9.67 Å². The number of imidazole rings is 1. The van der Waals surface area contributed by atoms with E-state index in [4.69, 9.17) is 5.11 Å². The highest BCUT2D eigenvalue weighted by atomic mass is 16.4. The van der Waals surface area contributed by atoms with Crippen LogP contribution in [0, 0.1) is 11.8 Å². The second-order valence-electron chi connectivity index (χ2n) is 5.40. The lowest BCUT2D eigenvalue weighted by Gasteiger charge is -2.28. The third kappa shape index (κ3) is 2.96. The van der Waals surface area contributed by atoms with Crippen molar-refractivity contribution in [1.29, 1.82) is 0 Å². The molecule has 9 nitrogen and oxygen atoms in total. The van der Waals surface area contributed by atoms with Gasteiger partial charge in [-0.3, -0.25) is 14.2 Å². The Labute approximate surface area is 137 Å². The third-order valence-electron chi connectivity index (χ3n) is 3.83. The summed E-state index contributed by atoms with van der Waals surface area (Å²) >= 11 is 0. The van der Waals surface area contributed by atoms with Gasteiger partial charge in [-0.15, -0.1) is 5.92 Å². The lowest BCUT2D eigenvalue weighted by atomic mass is 10.4. The lowest BCUT2D eigenvalue weighted by Crippen LogP contribution is -2.44. The Morgan fingerprint density at radius 3 is 2.83 bits per heavy atom. The van der Waals surface area contributed by atoms with E-state index < -0.39 is 18.1 Å². The first-order valence-electron chi connectivity index (χ1n) is 7.65. The molecule has 1 aliphatic heterocycles. The molecule has 0 bridgehead atoms. The van der Waals surface area contributed by atoms with Crippen LogP contribution in [0.4, 0.5) is 5.95 Å². The van der Waals surface area contributed by atoms with Crippen LogP contribution in [0.25, 0.3) is 11.0 Å². The van der Waals surface area contributed by atoms with Crippen molar-refractivity contribution >= 4 is 23.0 Å². The van der Waals surface area contributed by atoms with Crippen molar-refractivity contribution in [2.24, 2.45) is 0 Å². The molecule has 24 heavy (non-hydrogen) atoms. The van der Waals surface area contributed by atoms with Gasteiger partial charge < -0.3 is 15.3 Å². The maximum atomic E-state index is 12.6. The summed E-state index contributed by atoms with van der Waals surface area (Å²) in [6, 6.07) is 0. The highest BCUT2D eigenvalue weighted by Crippen LogP contribution is 2.20. The molecule has 1 fully saturated rings. The van der Waals surface area contributed by atoms with Crippen molar-refractivity contribution in [3.63, 3.8) is 0 Å². The number of hydrogen-bond acceptors (Lipinski definition) is 6. The second kappa shape index (κ2) is 6.72.